The van der Waals surface area contributed by atoms with Crippen molar-refractivity contribution >= 4 is 5.97 Å². The molecule has 0 aliphatic rings. The Morgan fingerprint density at radius 2 is 1.95 bits per heavy atom. The Balaban J connectivity index is 4.27. The molecule has 20 heavy (non-hydrogen) atoms. The molecule has 0 aromatic carbocycles. The first-order chi connectivity index (χ1) is 9.53. The predicted molar refractivity (Wildman–Crippen MR) is 82.8 cm³/mol. The van der Waals surface area contributed by atoms with E-state index in [1.54, 1.807) is 0 Å². The van der Waals surface area contributed by atoms with Crippen LogP contribution in [-0.4, -0.2) is 38.4 Å². The van der Waals surface area contributed by atoms with Gasteiger partial charge in [0.05, 0.1) is 13.7 Å². The summed E-state index contributed by atoms with van der Waals surface area (Å²) in [5.74, 6) is 0.329. The van der Waals surface area contributed by atoms with Gasteiger partial charge in [0.15, 0.2) is 0 Å². The van der Waals surface area contributed by atoms with Gasteiger partial charge in [0, 0.05) is 6.61 Å². The van der Waals surface area contributed by atoms with Crippen LogP contribution >= 0.6 is 0 Å². The van der Waals surface area contributed by atoms with Crippen LogP contribution in [-0.2, 0) is 14.3 Å². The van der Waals surface area contributed by atoms with Crippen molar-refractivity contribution in [2.24, 2.45) is 5.92 Å². The Labute approximate surface area is 124 Å². The summed E-state index contributed by atoms with van der Waals surface area (Å²) >= 11 is 0. The SMILES string of the molecule is CCCCC(CC)COCC(C)(NCCC)C(=O)OC. The molecule has 1 N–H and O–H groups in total. The van der Waals surface area contributed by atoms with Crippen molar-refractivity contribution in [3.05, 3.63) is 0 Å². The summed E-state index contributed by atoms with van der Waals surface area (Å²) in [6.45, 7) is 10.2. The maximum Gasteiger partial charge on any atom is 0.328 e. The average molecular weight is 287 g/mol. The van der Waals surface area contributed by atoms with Crippen molar-refractivity contribution in [2.75, 3.05) is 26.9 Å². The fraction of sp³-hybridized carbons (Fsp3) is 0.938. The van der Waals surface area contributed by atoms with E-state index in [1.807, 2.05) is 6.92 Å². The molecule has 2 unspecified atom stereocenters. The molecular weight excluding hydrogens is 254 g/mol. The zero-order valence-electron chi connectivity index (χ0n) is 14.0. The Morgan fingerprint density at radius 3 is 2.45 bits per heavy atom. The Hall–Kier alpha value is -0.610. The highest BCUT2D eigenvalue weighted by molar-refractivity contribution is 5.80. The zero-order valence-corrected chi connectivity index (χ0v) is 14.0. The molecule has 0 rings (SSSR count). The van der Waals surface area contributed by atoms with Crippen molar-refractivity contribution in [1.29, 1.82) is 0 Å². The summed E-state index contributed by atoms with van der Waals surface area (Å²) in [7, 11) is 1.42. The van der Waals surface area contributed by atoms with Crippen LogP contribution in [0.15, 0.2) is 0 Å². The van der Waals surface area contributed by atoms with E-state index in [9.17, 15) is 4.79 Å². The van der Waals surface area contributed by atoms with Gasteiger partial charge in [-0.2, -0.15) is 0 Å². The van der Waals surface area contributed by atoms with Crippen LogP contribution in [0.3, 0.4) is 0 Å². The number of hydrogen-bond acceptors (Lipinski definition) is 4. The lowest BCUT2D eigenvalue weighted by atomic mass is 10.00. The maximum absolute atomic E-state index is 11.9. The number of unbranched alkanes of at least 4 members (excludes halogenated alkanes) is 1. The van der Waals surface area contributed by atoms with E-state index in [1.165, 1.54) is 26.4 Å². The van der Waals surface area contributed by atoms with Crippen LogP contribution in [0.4, 0.5) is 0 Å². The minimum absolute atomic E-state index is 0.257. The first kappa shape index (κ1) is 19.4. The van der Waals surface area contributed by atoms with Gasteiger partial charge in [0.1, 0.15) is 5.54 Å². The molecular formula is C16H33NO3. The first-order valence-corrected chi connectivity index (χ1v) is 7.95. The van der Waals surface area contributed by atoms with Crippen molar-refractivity contribution in [3.8, 4) is 0 Å². The summed E-state index contributed by atoms with van der Waals surface area (Å²) in [4.78, 5) is 11.9. The highest BCUT2D eigenvalue weighted by atomic mass is 16.5. The molecule has 0 amide bonds. The highest BCUT2D eigenvalue weighted by Crippen LogP contribution is 2.15. The van der Waals surface area contributed by atoms with Gasteiger partial charge in [-0.15, -0.1) is 0 Å². The molecule has 4 heteroatoms. The molecule has 0 aromatic heterocycles. The Bertz CT molecular complexity index is 258. The van der Waals surface area contributed by atoms with Gasteiger partial charge in [-0.3, -0.25) is 0 Å². The fourth-order valence-electron chi connectivity index (χ4n) is 2.14. The van der Waals surface area contributed by atoms with Crippen LogP contribution in [0.5, 0.6) is 0 Å². The Morgan fingerprint density at radius 1 is 1.25 bits per heavy atom. The molecule has 0 aliphatic heterocycles. The number of ether oxygens (including phenoxy) is 2. The minimum Gasteiger partial charge on any atom is -0.468 e. The summed E-state index contributed by atoms with van der Waals surface area (Å²) in [5, 5.41) is 3.23. The number of rotatable bonds is 12. The molecule has 0 saturated heterocycles. The summed E-state index contributed by atoms with van der Waals surface area (Å²) in [5.41, 5.74) is -0.742. The third-order valence-corrected chi connectivity index (χ3v) is 3.69. The minimum atomic E-state index is -0.742. The molecule has 0 aromatic rings. The summed E-state index contributed by atoms with van der Waals surface area (Å²) in [6.07, 6.45) is 5.75. The van der Waals surface area contributed by atoms with E-state index in [4.69, 9.17) is 9.47 Å². The molecule has 2 atom stereocenters. The lowest BCUT2D eigenvalue weighted by molar-refractivity contribution is -0.151. The van der Waals surface area contributed by atoms with Gasteiger partial charge in [-0.1, -0.05) is 40.0 Å². The molecule has 0 aliphatic carbocycles. The normalized spacial score (nSPS) is 15.7. The van der Waals surface area contributed by atoms with Gasteiger partial charge in [0.2, 0.25) is 0 Å². The monoisotopic (exact) mass is 287 g/mol. The van der Waals surface area contributed by atoms with Crippen molar-refractivity contribution < 1.29 is 14.3 Å². The van der Waals surface area contributed by atoms with Crippen LogP contribution in [0.2, 0.25) is 0 Å². The van der Waals surface area contributed by atoms with Crippen LogP contribution < -0.4 is 5.32 Å². The third-order valence-electron chi connectivity index (χ3n) is 3.69. The number of hydrogen-bond donors (Lipinski definition) is 1. The number of nitrogens with one attached hydrogen (secondary N) is 1. The average Bonchev–Trinajstić information content (AvgIpc) is 2.47. The number of carbonyl (C=O) groups is 1. The molecule has 0 fully saturated rings. The molecule has 0 spiro atoms. The van der Waals surface area contributed by atoms with Crippen molar-refractivity contribution in [1.82, 2.24) is 5.32 Å². The maximum atomic E-state index is 11.9. The first-order valence-electron chi connectivity index (χ1n) is 7.95. The Kier molecular flexibility index (Phi) is 10.8. The lowest BCUT2D eigenvalue weighted by Gasteiger charge is -2.28. The van der Waals surface area contributed by atoms with E-state index in [2.05, 4.69) is 26.1 Å². The number of esters is 1. The molecule has 0 radical (unpaired) electrons. The van der Waals surface area contributed by atoms with Gasteiger partial charge >= 0.3 is 5.97 Å². The smallest absolute Gasteiger partial charge is 0.328 e. The zero-order chi connectivity index (χ0) is 15.4. The molecule has 120 valence electrons. The quantitative estimate of drug-likeness (QED) is 0.560. The molecule has 0 saturated carbocycles. The van der Waals surface area contributed by atoms with Crippen LogP contribution in [0, 0.1) is 5.92 Å². The van der Waals surface area contributed by atoms with Crippen molar-refractivity contribution in [3.63, 3.8) is 0 Å². The lowest BCUT2D eigenvalue weighted by Crippen LogP contribution is -2.54. The van der Waals surface area contributed by atoms with E-state index < -0.39 is 5.54 Å². The standard InChI is InChI=1S/C16H33NO3/c1-6-9-10-14(8-3)12-20-13-16(4,15(18)19-5)17-11-7-2/h14,17H,6-13H2,1-5H3. The van der Waals surface area contributed by atoms with E-state index in [0.29, 0.717) is 12.5 Å². The largest absolute Gasteiger partial charge is 0.468 e. The second kappa shape index (κ2) is 11.1. The molecule has 0 bridgehead atoms. The van der Waals surface area contributed by atoms with Crippen LogP contribution in [0.25, 0.3) is 0 Å². The van der Waals surface area contributed by atoms with E-state index in [-0.39, 0.29) is 5.97 Å². The number of carbonyl (C=O) groups excluding carboxylic acids is 1. The molecule has 0 heterocycles. The van der Waals surface area contributed by atoms with E-state index in [0.717, 1.165) is 26.0 Å². The summed E-state index contributed by atoms with van der Waals surface area (Å²) in [6, 6.07) is 0. The number of methoxy groups -OCH3 is 1. The fourth-order valence-corrected chi connectivity index (χ4v) is 2.14. The highest BCUT2D eigenvalue weighted by Gasteiger charge is 2.34. The second-order valence-electron chi connectivity index (χ2n) is 5.68. The van der Waals surface area contributed by atoms with Gasteiger partial charge in [-0.25, -0.2) is 4.79 Å². The topological polar surface area (TPSA) is 47.6 Å². The predicted octanol–water partition coefficient (Wildman–Crippen LogP) is 3.15. The molecule has 4 nitrogen and oxygen atoms in total. The van der Waals surface area contributed by atoms with Gasteiger partial charge in [-0.05, 0) is 32.2 Å². The second-order valence-corrected chi connectivity index (χ2v) is 5.68. The van der Waals surface area contributed by atoms with E-state index >= 15 is 0 Å². The summed E-state index contributed by atoms with van der Waals surface area (Å²) < 4.78 is 10.7. The van der Waals surface area contributed by atoms with Gasteiger partial charge < -0.3 is 14.8 Å². The third kappa shape index (κ3) is 7.25. The van der Waals surface area contributed by atoms with Crippen molar-refractivity contribution in [2.45, 2.75) is 65.3 Å². The van der Waals surface area contributed by atoms with Gasteiger partial charge in [0.25, 0.3) is 0 Å². The van der Waals surface area contributed by atoms with Crippen LogP contribution in [0.1, 0.15) is 59.8 Å².